The molecule has 18 heavy (non-hydrogen) atoms. The van der Waals surface area contributed by atoms with Crippen LogP contribution in [0.1, 0.15) is 11.3 Å². The third-order valence-electron chi connectivity index (χ3n) is 2.46. The smallest absolute Gasteiger partial charge is 0.336 e. The molecule has 0 aliphatic rings. The fourth-order valence-corrected chi connectivity index (χ4v) is 1.55. The lowest BCUT2D eigenvalue weighted by Gasteiger charge is -2.04. The maximum absolute atomic E-state index is 11.2. The zero-order chi connectivity index (χ0) is 13.0. The van der Waals surface area contributed by atoms with Gasteiger partial charge in [0.15, 0.2) is 0 Å². The van der Waals surface area contributed by atoms with Gasteiger partial charge in [0.2, 0.25) is 0 Å². The minimum absolute atomic E-state index is 0.174. The average molecular weight is 244 g/mol. The van der Waals surface area contributed by atoms with E-state index in [0.29, 0.717) is 17.1 Å². The third kappa shape index (κ3) is 2.60. The van der Waals surface area contributed by atoms with Gasteiger partial charge >= 0.3 is 5.97 Å². The molecule has 0 fully saturated rings. The number of benzene rings is 1. The van der Waals surface area contributed by atoms with Gasteiger partial charge in [0.1, 0.15) is 11.5 Å². The van der Waals surface area contributed by atoms with Gasteiger partial charge in [-0.1, -0.05) is 12.1 Å². The number of carboxylic acids is 1. The van der Waals surface area contributed by atoms with Gasteiger partial charge in [-0.25, -0.2) is 4.79 Å². The van der Waals surface area contributed by atoms with E-state index >= 15 is 0 Å². The number of rotatable bonds is 4. The van der Waals surface area contributed by atoms with Crippen molar-refractivity contribution in [1.82, 2.24) is 0 Å². The SMILES string of the molecule is COc1ccc(/C(=C\c2ccco2)C(=O)O)cc1. The average Bonchev–Trinajstić information content (AvgIpc) is 2.89. The molecule has 1 aromatic carbocycles. The second-order valence-corrected chi connectivity index (χ2v) is 3.61. The zero-order valence-corrected chi connectivity index (χ0v) is 9.79. The Kier molecular flexibility index (Phi) is 3.48. The topological polar surface area (TPSA) is 59.7 Å². The summed E-state index contributed by atoms with van der Waals surface area (Å²) in [4.78, 5) is 11.2. The molecule has 92 valence electrons. The molecule has 4 heteroatoms. The number of aliphatic carboxylic acids is 1. The van der Waals surface area contributed by atoms with Crippen molar-refractivity contribution in [2.45, 2.75) is 0 Å². The van der Waals surface area contributed by atoms with E-state index in [0.717, 1.165) is 0 Å². The van der Waals surface area contributed by atoms with Crippen LogP contribution in [0.3, 0.4) is 0 Å². The first-order valence-electron chi connectivity index (χ1n) is 5.33. The summed E-state index contributed by atoms with van der Waals surface area (Å²) in [6, 6.07) is 10.2. The molecular formula is C14H12O4. The Morgan fingerprint density at radius 1 is 1.28 bits per heavy atom. The highest BCUT2D eigenvalue weighted by Gasteiger charge is 2.11. The minimum Gasteiger partial charge on any atom is -0.497 e. The van der Waals surface area contributed by atoms with Crippen LogP contribution in [0.15, 0.2) is 47.1 Å². The maximum Gasteiger partial charge on any atom is 0.336 e. The van der Waals surface area contributed by atoms with E-state index in [4.69, 9.17) is 9.15 Å². The number of carboxylic acid groups (broad SMARTS) is 1. The lowest BCUT2D eigenvalue weighted by Crippen LogP contribution is -1.99. The van der Waals surface area contributed by atoms with Crippen LogP contribution in [0, 0.1) is 0 Å². The van der Waals surface area contributed by atoms with Crippen molar-refractivity contribution in [2.75, 3.05) is 7.11 Å². The Bertz CT molecular complexity index is 550. The lowest BCUT2D eigenvalue weighted by atomic mass is 10.1. The number of hydrogen-bond donors (Lipinski definition) is 1. The summed E-state index contributed by atoms with van der Waals surface area (Å²) in [6.07, 6.45) is 2.99. The fraction of sp³-hybridized carbons (Fsp3) is 0.0714. The fourth-order valence-electron chi connectivity index (χ4n) is 1.55. The predicted octanol–water partition coefficient (Wildman–Crippen LogP) is 2.91. The first-order valence-corrected chi connectivity index (χ1v) is 5.33. The summed E-state index contributed by atoms with van der Waals surface area (Å²) in [5, 5.41) is 9.21. The second kappa shape index (κ2) is 5.23. The summed E-state index contributed by atoms with van der Waals surface area (Å²) in [5.41, 5.74) is 0.771. The normalized spacial score (nSPS) is 11.3. The highest BCUT2D eigenvalue weighted by molar-refractivity contribution is 6.20. The van der Waals surface area contributed by atoms with Crippen molar-refractivity contribution in [3.8, 4) is 5.75 Å². The Hall–Kier alpha value is -2.49. The van der Waals surface area contributed by atoms with E-state index in [-0.39, 0.29) is 5.57 Å². The summed E-state index contributed by atoms with van der Waals surface area (Å²) in [5.74, 6) is 0.182. The van der Waals surface area contributed by atoms with Gasteiger partial charge in [0.05, 0.1) is 18.9 Å². The monoisotopic (exact) mass is 244 g/mol. The zero-order valence-electron chi connectivity index (χ0n) is 9.79. The van der Waals surface area contributed by atoms with Crippen molar-refractivity contribution in [3.05, 3.63) is 54.0 Å². The molecule has 0 aliphatic carbocycles. The summed E-state index contributed by atoms with van der Waals surface area (Å²) in [7, 11) is 1.56. The van der Waals surface area contributed by atoms with Crippen molar-refractivity contribution in [3.63, 3.8) is 0 Å². The second-order valence-electron chi connectivity index (χ2n) is 3.61. The van der Waals surface area contributed by atoms with Crippen LogP contribution in [0.2, 0.25) is 0 Å². The predicted molar refractivity (Wildman–Crippen MR) is 67.2 cm³/mol. The molecule has 0 amide bonds. The van der Waals surface area contributed by atoms with E-state index in [9.17, 15) is 9.90 Å². The van der Waals surface area contributed by atoms with Crippen LogP contribution in [0.4, 0.5) is 0 Å². The molecule has 0 spiro atoms. The molecule has 2 rings (SSSR count). The van der Waals surface area contributed by atoms with Crippen LogP contribution >= 0.6 is 0 Å². The highest BCUT2D eigenvalue weighted by Crippen LogP contribution is 2.21. The van der Waals surface area contributed by atoms with Gasteiger partial charge in [0.25, 0.3) is 0 Å². The molecule has 0 radical (unpaired) electrons. The molecule has 0 saturated heterocycles. The molecule has 0 saturated carbocycles. The van der Waals surface area contributed by atoms with Crippen molar-refractivity contribution in [2.24, 2.45) is 0 Å². The highest BCUT2D eigenvalue weighted by atomic mass is 16.5. The number of carbonyl (C=O) groups is 1. The van der Waals surface area contributed by atoms with Gasteiger partial charge < -0.3 is 14.3 Å². The van der Waals surface area contributed by atoms with Gasteiger partial charge in [-0.05, 0) is 35.9 Å². The van der Waals surface area contributed by atoms with Crippen LogP contribution in [-0.2, 0) is 4.79 Å². The lowest BCUT2D eigenvalue weighted by molar-refractivity contribution is -0.130. The molecule has 0 aliphatic heterocycles. The summed E-state index contributed by atoms with van der Waals surface area (Å²) in [6.45, 7) is 0. The molecule has 0 unspecified atom stereocenters. The molecule has 0 bridgehead atoms. The maximum atomic E-state index is 11.2. The van der Waals surface area contributed by atoms with Crippen LogP contribution in [0.5, 0.6) is 5.75 Å². The van der Waals surface area contributed by atoms with Crippen molar-refractivity contribution >= 4 is 17.6 Å². The molecule has 1 aromatic heterocycles. The first kappa shape index (κ1) is 12.0. The molecule has 0 atom stereocenters. The molecule has 4 nitrogen and oxygen atoms in total. The third-order valence-corrected chi connectivity index (χ3v) is 2.46. The van der Waals surface area contributed by atoms with E-state index in [1.165, 1.54) is 12.3 Å². The van der Waals surface area contributed by atoms with Crippen molar-refractivity contribution < 1.29 is 19.1 Å². The summed E-state index contributed by atoms with van der Waals surface area (Å²) < 4.78 is 10.1. The van der Waals surface area contributed by atoms with Crippen LogP contribution in [-0.4, -0.2) is 18.2 Å². The molecule has 1 heterocycles. The van der Waals surface area contributed by atoms with E-state index in [2.05, 4.69) is 0 Å². The Morgan fingerprint density at radius 3 is 2.50 bits per heavy atom. The largest absolute Gasteiger partial charge is 0.497 e. The number of hydrogen-bond acceptors (Lipinski definition) is 3. The van der Waals surface area contributed by atoms with Gasteiger partial charge in [-0.2, -0.15) is 0 Å². The standard InChI is InChI=1S/C14H12O4/c1-17-11-6-4-10(5-7-11)13(14(15)16)9-12-3-2-8-18-12/h2-9H,1H3,(H,15,16)/b13-9+. The Balaban J connectivity index is 2.38. The van der Waals surface area contributed by atoms with E-state index < -0.39 is 5.97 Å². The number of ether oxygens (including phenoxy) is 1. The van der Waals surface area contributed by atoms with Gasteiger partial charge in [0, 0.05) is 0 Å². The molecule has 2 aromatic rings. The van der Waals surface area contributed by atoms with Gasteiger partial charge in [-0.15, -0.1) is 0 Å². The van der Waals surface area contributed by atoms with Crippen LogP contribution in [0.25, 0.3) is 11.6 Å². The van der Waals surface area contributed by atoms with Crippen molar-refractivity contribution in [1.29, 1.82) is 0 Å². The Labute approximate surface area is 104 Å². The molecule has 1 N–H and O–H groups in total. The van der Waals surface area contributed by atoms with E-state index in [1.54, 1.807) is 43.5 Å². The number of methoxy groups -OCH3 is 1. The quantitative estimate of drug-likeness (QED) is 0.840. The minimum atomic E-state index is -1.00. The summed E-state index contributed by atoms with van der Waals surface area (Å²) >= 11 is 0. The number of furan rings is 1. The molecular weight excluding hydrogens is 232 g/mol. The van der Waals surface area contributed by atoms with E-state index in [1.807, 2.05) is 0 Å². The van der Waals surface area contributed by atoms with Crippen LogP contribution < -0.4 is 4.74 Å². The first-order chi connectivity index (χ1) is 8.70. The van der Waals surface area contributed by atoms with Gasteiger partial charge in [-0.3, -0.25) is 0 Å². The Morgan fingerprint density at radius 2 is 2.00 bits per heavy atom.